The topological polar surface area (TPSA) is 35.5 Å². The molecule has 0 aliphatic carbocycles. The van der Waals surface area contributed by atoms with E-state index in [4.69, 9.17) is 12.0 Å². The summed E-state index contributed by atoms with van der Waals surface area (Å²) >= 11 is 3.64. The maximum atomic E-state index is 10.3. The van der Waals surface area contributed by atoms with Crippen LogP contribution in [0.5, 0.6) is 5.75 Å². The second-order valence-electron chi connectivity index (χ2n) is 2.63. The van der Waals surface area contributed by atoms with Crippen LogP contribution in [-0.2, 0) is 44.1 Å². The number of benzene rings is 1. The molecule has 0 spiro atoms. The molecular formula is C10H11BO3SY-2. The van der Waals surface area contributed by atoms with Crippen LogP contribution in [0.1, 0.15) is 11.1 Å². The zero-order valence-corrected chi connectivity index (χ0v) is 12.7. The van der Waals surface area contributed by atoms with Crippen LogP contribution in [0.25, 0.3) is 0 Å². The molecule has 1 aromatic rings. The second-order valence-corrected chi connectivity index (χ2v) is 2.81. The molecule has 3 nitrogen and oxygen atoms in total. The Labute approximate surface area is 128 Å². The quantitative estimate of drug-likeness (QED) is 0.403. The first-order chi connectivity index (χ1) is 6.63. The molecule has 0 aliphatic rings. The van der Waals surface area contributed by atoms with Crippen molar-refractivity contribution in [1.82, 2.24) is 0 Å². The molecule has 0 saturated carbocycles. The van der Waals surface area contributed by atoms with Crippen molar-refractivity contribution < 1.29 is 46.4 Å². The zero-order valence-electron chi connectivity index (χ0n) is 8.97. The average molecular weight is 311 g/mol. The molecule has 0 heterocycles. The number of hydrogen-bond acceptors (Lipinski definition) is 4. The largest absolute Gasteiger partial charge is 0.483 e. The zero-order chi connectivity index (χ0) is 10.6. The third-order valence-corrected chi connectivity index (χ3v) is 1.86. The summed E-state index contributed by atoms with van der Waals surface area (Å²) in [6, 6.07) is 5.12. The van der Waals surface area contributed by atoms with Gasteiger partial charge in [-0.05, 0) is 6.07 Å². The maximum absolute atomic E-state index is 10.3. The Kier molecular flexibility index (Phi) is 10.2. The van der Waals surface area contributed by atoms with Crippen LogP contribution < -0.4 is 4.18 Å². The van der Waals surface area contributed by atoms with Gasteiger partial charge in [0.25, 0.3) is 0 Å². The number of ether oxygens (including phenoxy) is 1. The van der Waals surface area contributed by atoms with Gasteiger partial charge in [-0.2, -0.15) is 12.5 Å². The molecule has 0 bridgehead atoms. The third kappa shape index (κ3) is 5.83. The van der Waals surface area contributed by atoms with Crippen LogP contribution in [0.3, 0.4) is 0 Å². The van der Waals surface area contributed by atoms with E-state index in [1.165, 1.54) is 0 Å². The van der Waals surface area contributed by atoms with E-state index in [2.05, 4.69) is 24.6 Å². The SMILES string of the molecule is [B]C(=O)OCc1ccc(OS)cc1[CH2-].[CH3-].[Y]. The predicted molar refractivity (Wildman–Crippen MR) is 62.9 cm³/mol. The smallest absolute Gasteiger partial charge is 0.235 e. The Balaban J connectivity index is 0. The monoisotopic (exact) mass is 311 g/mol. The van der Waals surface area contributed by atoms with Gasteiger partial charge < -0.3 is 16.3 Å². The van der Waals surface area contributed by atoms with E-state index in [1.807, 2.05) is 0 Å². The van der Waals surface area contributed by atoms with Crippen molar-refractivity contribution >= 4 is 26.6 Å². The molecule has 0 atom stereocenters. The van der Waals surface area contributed by atoms with Gasteiger partial charge in [0, 0.05) is 45.6 Å². The van der Waals surface area contributed by atoms with Gasteiger partial charge in [0.1, 0.15) is 0 Å². The van der Waals surface area contributed by atoms with Crippen molar-refractivity contribution in [1.29, 1.82) is 0 Å². The van der Waals surface area contributed by atoms with Crippen LogP contribution in [-0.4, -0.2) is 13.7 Å². The fourth-order valence-electron chi connectivity index (χ4n) is 0.949. The molecule has 0 aliphatic heterocycles. The summed E-state index contributed by atoms with van der Waals surface area (Å²) in [7, 11) is 4.83. The predicted octanol–water partition coefficient (Wildman–Crippen LogP) is 2.35. The van der Waals surface area contributed by atoms with E-state index in [9.17, 15) is 4.79 Å². The normalized spacial score (nSPS) is 8.31. The molecular weight excluding hydrogens is 300 g/mol. The first kappa shape index (κ1) is 18.2. The Bertz CT molecular complexity index is 347. The molecule has 83 valence electrons. The van der Waals surface area contributed by atoms with E-state index >= 15 is 0 Å². The van der Waals surface area contributed by atoms with Crippen LogP contribution >= 0.6 is 12.9 Å². The summed E-state index contributed by atoms with van der Waals surface area (Å²) in [5.74, 6) is -0.222. The van der Waals surface area contributed by atoms with Crippen molar-refractivity contribution in [3.63, 3.8) is 0 Å². The van der Waals surface area contributed by atoms with Crippen molar-refractivity contribution in [2.24, 2.45) is 0 Å². The second kappa shape index (κ2) is 8.97. The molecule has 6 heteroatoms. The summed E-state index contributed by atoms with van der Waals surface area (Å²) in [4.78, 5) is 10.3. The standard InChI is InChI=1S/C9H8BO3S.CH3.Y/c1-6-4-8(13-14)3-2-7(6)5-12-9(10)11;;/h2-4,14H,1,5H2;1H3;/q2*-1;. The minimum Gasteiger partial charge on any atom is -0.483 e. The summed E-state index contributed by atoms with van der Waals surface area (Å²) in [6.45, 7) is 3.87. The van der Waals surface area contributed by atoms with E-state index in [0.29, 0.717) is 11.3 Å². The Hall–Kier alpha value is -0.121. The summed E-state index contributed by atoms with van der Waals surface area (Å²) < 4.78 is 9.32. The minimum absolute atomic E-state index is 0. The first-order valence-electron chi connectivity index (χ1n) is 3.82. The van der Waals surface area contributed by atoms with E-state index < -0.39 is 5.87 Å². The first-order valence-corrected chi connectivity index (χ1v) is 4.18. The molecule has 0 aromatic heterocycles. The number of carbonyl (C=O) groups is 1. The fraction of sp³-hybridized carbons (Fsp3) is 0.100. The van der Waals surface area contributed by atoms with Crippen molar-refractivity contribution in [2.75, 3.05) is 0 Å². The number of thiol groups is 1. The summed E-state index contributed by atoms with van der Waals surface area (Å²) in [6.07, 6.45) is 0. The van der Waals surface area contributed by atoms with Crippen molar-refractivity contribution in [2.45, 2.75) is 6.61 Å². The summed E-state index contributed by atoms with van der Waals surface area (Å²) in [5, 5.41) is 0. The van der Waals surface area contributed by atoms with Crippen molar-refractivity contribution in [3.05, 3.63) is 43.7 Å². The fourth-order valence-corrected chi connectivity index (χ4v) is 1.06. The molecule has 1 aromatic carbocycles. The number of rotatable bonds is 3. The van der Waals surface area contributed by atoms with Gasteiger partial charge in [-0.15, -0.1) is 17.7 Å². The average Bonchev–Trinajstić information content (AvgIpc) is 2.15. The Morgan fingerprint density at radius 3 is 2.56 bits per heavy atom. The van der Waals surface area contributed by atoms with Gasteiger partial charge in [0.2, 0.25) is 13.7 Å². The molecule has 16 heavy (non-hydrogen) atoms. The van der Waals surface area contributed by atoms with Gasteiger partial charge >= 0.3 is 0 Å². The molecule has 3 radical (unpaired) electrons. The Morgan fingerprint density at radius 2 is 2.12 bits per heavy atom. The molecule has 0 unspecified atom stereocenters. The van der Waals surface area contributed by atoms with Crippen LogP contribution in [0.15, 0.2) is 18.2 Å². The number of carbonyl (C=O) groups excluding carboxylic acids is 1. The Morgan fingerprint density at radius 1 is 1.50 bits per heavy atom. The molecule has 0 fully saturated rings. The maximum Gasteiger partial charge on any atom is 0.235 e. The van der Waals surface area contributed by atoms with Gasteiger partial charge in [-0.1, -0.05) is 0 Å². The van der Waals surface area contributed by atoms with Gasteiger partial charge in [0.05, 0.1) is 12.4 Å². The van der Waals surface area contributed by atoms with E-state index in [1.54, 1.807) is 18.2 Å². The van der Waals surface area contributed by atoms with Crippen LogP contribution in [0, 0.1) is 14.4 Å². The van der Waals surface area contributed by atoms with E-state index in [0.717, 1.165) is 5.56 Å². The molecule has 0 N–H and O–H groups in total. The van der Waals surface area contributed by atoms with Crippen molar-refractivity contribution in [3.8, 4) is 5.75 Å². The minimum atomic E-state index is -0.807. The van der Waals surface area contributed by atoms with Gasteiger partial charge in [-0.3, -0.25) is 4.79 Å². The molecule has 0 amide bonds. The van der Waals surface area contributed by atoms with Gasteiger partial charge in [0.15, 0.2) is 0 Å². The van der Waals surface area contributed by atoms with Crippen LogP contribution in [0.4, 0.5) is 4.79 Å². The number of hydrogen-bond donors (Lipinski definition) is 1. The summed E-state index contributed by atoms with van der Waals surface area (Å²) in [5.41, 5.74) is 1.48. The van der Waals surface area contributed by atoms with E-state index in [-0.39, 0.29) is 46.7 Å². The third-order valence-electron chi connectivity index (χ3n) is 1.65. The molecule has 1 rings (SSSR count). The molecule has 0 saturated heterocycles. The van der Waals surface area contributed by atoms with Gasteiger partial charge in [-0.25, -0.2) is 0 Å². The van der Waals surface area contributed by atoms with Crippen LogP contribution in [0.2, 0.25) is 0 Å².